The van der Waals surface area contributed by atoms with Crippen LogP contribution in [0.1, 0.15) is 20.3 Å². The fourth-order valence-electron chi connectivity index (χ4n) is 0.416. The fourth-order valence-corrected chi connectivity index (χ4v) is 0.670. The Hall–Kier alpha value is 0.0500. The lowest BCUT2D eigenvalue weighted by atomic mass is 10.3. The van der Waals surface area contributed by atoms with E-state index in [1.807, 2.05) is 0 Å². The third kappa shape index (κ3) is 6.05. The number of rotatable bonds is 3. The van der Waals surface area contributed by atoms with Gasteiger partial charge in [-0.15, -0.1) is 0 Å². The highest BCUT2D eigenvalue weighted by molar-refractivity contribution is 7.97. The summed E-state index contributed by atoms with van der Waals surface area (Å²) in [5.41, 5.74) is 1.37. The van der Waals surface area contributed by atoms with Gasteiger partial charge in [-0.2, -0.15) is 0 Å². The third-order valence-electron chi connectivity index (χ3n) is 0.788. The lowest BCUT2D eigenvalue weighted by Crippen LogP contribution is -1.82. The highest BCUT2D eigenvalue weighted by Crippen LogP contribution is 1.96. The molecule has 0 amide bonds. The smallest absolute Gasteiger partial charge is 0.0111 e. The van der Waals surface area contributed by atoms with Crippen LogP contribution in [0.5, 0.6) is 0 Å². The average molecular weight is 131 g/mol. The molecule has 0 atom stereocenters. The normalized spacial score (nSPS) is 8.88. The Balaban J connectivity index is 3.03. The number of hydrogen-bond donors (Lipinski definition) is 1. The van der Waals surface area contributed by atoms with Crippen LogP contribution in [0.25, 0.3) is 0 Å². The largest absolute Gasteiger partial charge is 0.278 e. The van der Waals surface area contributed by atoms with Crippen LogP contribution in [0, 0.1) is 0 Å². The third-order valence-corrected chi connectivity index (χ3v) is 1.26. The van der Waals surface area contributed by atoms with Crippen molar-refractivity contribution in [3.05, 3.63) is 11.6 Å². The van der Waals surface area contributed by atoms with Crippen LogP contribution in [0.15, 0.2) is 11.6 Å². The molecule has 0 radical (unpaired) electrons. The molecule has 0 aliphatic heterocycles. The van der Waals surface area contributed by atoms with E-state index in [9.17, 15) is 0 Å². The molecule has 2 N–H and O–H groups in total. The van der Waals surface area contributed by atoms with E-state index >= 15 is 0 Å². The van der Waals surface area contributed by atoms with E-state index in [1.54, 1.807) is 0 Å². The van der Waals surface area contributed by atoms with Gasteiger partial charge in [0.1, 0.15) is 0 Å². The maximum absolute atomic E-state index is 5.20. The standard InChI is InChI=1S/C6H13NS/c1-6(2)4-3-5-8-7/h4H,3,5,7H2,1-2H3. The molecule has 0 aromatic rings. The van der Waals surface area contributed by atoms with Gasteiger partial charge in [0.05, 0.1) is 0 Å². The molecule has 48 valence electrons. The molecule has 0 saturated heterocycles. The van der Waals surface area contributed by atoms with Crippen LogP contribution in [-0.4, -0.2) is 5.75 Å². The molecule has 0 aliphatic carbocycles. The Bertz CT molecular complexity index is 74.6. The first kappa shape index (κ1) is 8.05. The summed E-state index contributed by atoms with van der Waals surface area (Å²) >= 11 is 1.40. The second-order valence-corrected chi connectivity index (χ2v) is 2.68. The second kappa shape index (κ2) is 5.19. The quantitative estimate of drug-likeness (QED) is 0.360. The minimum absolute atomic E-state index is 1.03. The topological polar surface area (TPSA) is 26.0 Å². The van der Waals surface area contributed by atoms with Gasteiger partial charge in [0.15, 0.2) is 0 Å². The fraction of sp³-hybridized carbons (Fsp3) is 0.667. The van der Waals surface area contributed by atoms with Crippen molar-refractivity contribution >= 4 is 11.9 Å². The summed E-state index contributed by atoms with van der Waals surface area (Å²) in [6.45, 7) is 4.20. The molecule has 8 heavy (non-hydrogen) atoms. The van der Waals surface area contributed by atoms with Gasteiger partial charge in [-0.25, -0.2) is 0 Å². The Morgan fingerprint density at radius 2 is 2.25 bits per heavy atom. The first-order valence-electron chi connectivity index (χ1n) is 2.72. The van der Waals surface area contributed by atoms with Crippen LogP contribution in [0.3, 0.4) is 0 Å². The summed E-state index contributed by atoms with van der Waals surface area (Å²) in [5, 5.41) is 5.20. The number of allylic oxidation sites excluding steroid dienone is 2. The van der Waals surface area contributed by atoms with Crippen molar-refractivity contribution < 1.29 is 0 Å². The number of nitrogens with two attached hydrogens (primary N) is 1. The zero-order valence-electron chi connectivity index (χ0n) is 5.48. The van der Waals surface area contributed by atoms with Crippen molar-refractivity contribution in [1.82, 2.24) is 0 Å². The van der Waals surface area contributed by atoms with Crippen molar-refractivity contribution in [3.8, 4) is 0 Å². The maximum Gasteiger partial charge on any atom is 0.0111 e. The average Bonchev–Trinajstić information content (AvgIpc) is 1.66. The zero-order valence-corrected chi connectivity index (χ0v) is 6.29. The molecule has 0 spiro atoms. The molecule has 0 bridgehead atoms. The Labute approximate surface area is 55.5 Å². The van der Waals surface area contributed by atoms with Gasteiger partial charge >= 0.3 is 0 Å². The van der Waals surface area contributed by atoms with E-state index < -0.39 is 0 Å². The molecule has 0 unspecified atom stereocenters. The lowest BCUT2D eigenvalue weighted by Gasteiger charge is -1.88. The van der Waals surface area contributed by atoms with E-state index in [0.29, 0.717) is 0 Å². The second-order valence-electron chi connectivity index (χ2n) is 1.94. The first-order valence-corrected chi connectivity index (χ1v) is 3.77. The van der Waals surface area contributed by atoms with Gasteiger partial charge < -0.3 is 0 Å². The van der Waals surface area contributed by atoms with Gasteiger partial charge in [0.25, 0.3) is 0 Å². The Morgan fingerprint density at radius 1 is 1.62 bits per heavy atom. The van der Waals surface area contributed by atoms with Crippen LogP contribution >= 0.6 is 11.9 Å². The molecule has 0 rings (SSSR count). The molecular weight excluding hydrogens is 118 g/mol. The highest BCUT2D eigenvalue weighted by atomic mass is 32.2. The summed E-state index contributed by atoms with van der Waals surface area (Å²) in [7, 11) is 0. The Kier molecular flexibility index (Phi) is 5.22. The predicted molar refractivity (Wildman–Crippen MR) is 40.7 cm³/mol. The van der Waals surface area contributed by atoms with E-state index in [2.05, 4.69) is 19.9 Å². The Morgan fingerprint density at radius 3 is 2.62 bits per heavy atom. The predicted octanol–water partition coefficient (Wildman–Crippen LogP) is 1.95. The van der Waals surface area contributed by atoms with Crippen LogP contribution in [0.4, 0.5) is 0 Å². The van der Waals surface area contributed by atoms with Gasteiger partial charge in [-0.05, 0) is 20.3 Å². The molecule has 0 aromatic carbocycles. The van der Waals surface area contributed by atoms with E-state index in [4.69, 9.17) is 5.14 Å². The zero-order chi connectivity index (χ0) is 6.41. The van der Waals surface area contributed by atoms with Gasteiger partial charge in [-0.3, -0.25) is 5.14 Å². The van der Waals surface area contributed by atoms with Crippen molar-refractivity contribution in [2.24, 2.45) is 5.14 Å². The van der Waals surface area contributed by atoms with Crippen molar-refractivity contribution in [3.63, 3.8) is 0 Å². The summed E-state index contributed by atoms with van der Waals surface area (Å²) in [4.78, 5) is 0. The molecule has 0 aromatic heterocycles. The minimum Gasteiger partial charge on any atom is -0.278 e. The van der Waals surface area contributed by atoms with Crippen molar-refractivity contribution in [2.45, 2.75) is 20.3 Å². The van der Waals surface area contributed by atoms with E-state index in [1.165, 1.54) is 17.5 Å². The van der Waals surface area contributed by atoms with Crippen LogP contribution in [0.2, 0.25) is 0 Å². The SMILES string of the molecule is CC(C)=CCCSN. The van der Waals surface area contributed by atoms with Gasteiger partial charge in [0.2, 0.25) is 0 Å². The minimum atomic E-state index is 1.03. The molecule has 0 aliphatic rings. The van der Waals surface area contributed by atoms with E-state index in [-0.39, 0.29) is 0 Å². The molecule has 0 saturated carbocycles. The maximum atomic E-state index is 5.20. The number of hydrogen-bond acceptors (Lipinski definition) is 2. The first-order chi connectivity index (χ1) is 3.77. The summed E-state index contributed by atoms with van der Waals surface area (Å²) < 4.78 is 0. The van der Waals surface area contributed by atoms with E-state index in [0.717, 1.165) is 12.2 Å². The molecular formula is C6H13NS. The monoisotopic (exact) mass is 131 g/mol. The molecule has 2 heteroatoms. The molecule has 0 fully saturated rings. The molecule has 1 nitrogen and oxygen atoms in total. The highest BCUT2D eigenvalue weighted by Gasteiger charge is 1.78. The summed E-state index contributed by atoms with van der Waals surface area (Å²) in [6.07, 6.45) is 3.30. The molecule has 0 heterocycles. The van der Waals surface area contributed by atoms with Gasteiger partial charge in [0, 0.05) is 5.75 Å². The van der Waals surface area contributed by atoms with Crippen LogP contribution < -0.4 is 5.14 Å². The lowest BCUT2D eigenvalue weighted by molar-refractivity contribution is 1.19. The summed E-state index contributed by atoms with van der Waals surface area (Å²) in [5.74, 6) is 1.03. The van der Waals surface area contributed by atoms with Crippen LogP contribution in [-0.2, 0) is 0 Å². The van der Waals surface area contributed by atoms with Crippen molar-refractivity contribution in [1.29, 1.82) is 0 Å². The van der Waals surface area contributed by atoms with Gasteiger partial charge in [-0.1, -0.05) is 23.6 Å². The van der Waals surface area contributed by atoms with Crippen molar-refractivity contribution in [2.75, 3.05) is 5.75 Å². The summed E-state index contributed by atoms with van der Waals surface area (Å²) in [6, 6.07) is 0.